The van der Waals surface area contributed by atoms with Crippen molar-refractivity contribution in [2.45, 2.75) is 36.6 Å². The van der Waals surface area contributed by atoms with Gasteiger partial charge in [0.15, 0.2) is 0 Å². The molecule has 0 saturated heterocycles. The van der Waals surface area contributed by atoms with Crippen LogP contribution in [0.3, 0.4) is 0 Å². The van der Waals surface area contributed by atoms with Crippen LogP contribution in [0.5, 0.6) is 0 Å². The maximum absolute atomic E-state index is 8.15. The fourth-order valence-corrected chi connectivity index (χ4v) is 4.72. The van der Waals surface area contributed by atoms with E-state index in [4.69, 9.17) is 10.2 Å². The van der Waals surface area contributed by atoms with Crippen molar-refractivity contribution in [3.8, 4) is 0 Å². The van der Waals surface area contributed by atoms with Crippen LogP contribution >= 0.6 is 0 Å². The molecule has 4 heteroatoms. The topological polar surface area (TPSA) is 52.5 Å². The minimum atomic E-state index is 0.0709. The van der Waals surface area contributed by atoms with Gasteiger partial charge in [0, 0.05) is 13.1 Å². The van der Waals surface area contributed by atoms with Crippen molar-refractivity contribution in [2.75, 3.05) is 26.3 Å². The van der Waals surface area contributed by atoms with E-state index in [0.717, 1.165) is 11.8 Å². The molecule has 0 rings (SSSR count). The van der Waals surface area contributed by atoms with E-state index < -0.39 is 0 Å². The van der Waals surface area contributed by atoms with Gasteiger partial charge in [0.25, 0.3) is 0 Å². The molecule has 0 aliphatic rings. The number of aliphatic hydroxyl groups excluding tert-OH is 2. The molecule has 0 amide bonds. The van der Waals surface area contributed by atoms with Crippen LogP contribution in [-0.4, -0.2) is 57.7 Å². The van der Waals surface area contributed by atoms with Crippen LogP contribution in [0.1, 0.15) is 27.7 Å². The van der Waals surface area contributed by atoms with Crippen LogP contribution in [-0.2, 0) is 0 Å². The van der Waals surface area contributed by atoms with Crippen LogP contribution in [0, 0.1) is 11.8 Å². The molecule has 0 aliphatic heterocycles. The predicted octanol–water partition coefficient (Wildman–Crippen LogP) is 1.40. The largest absolute Gasteiger partial charge is 0.395 e. The second-order valence-corrected chi connectivity index (χ2v) is 8.40. The zero-order valence-corrected chi connectivity index (χ0v) is 14.1. The molecule has 16 heavy (non-hydrogen) atoms. The zero-order chi connectivity index (χ0) is 12.8. The number of rotatable bonds is 8. The van der Waals surface area contributed by atoms with Gasteiger partial charge in [0.2, 0.25) is 0 Å². The van der Waals surface area contributed by atoms with Crippen molar-refractivity contribution >= 4 is 21.1 Å². The first-order valence-electron chi connectivity index (χ1n) is 6.17. The summed E-state index contributed by atoms with van der Waals surface area (Å²) in [4.78, 5) is 0. The maximum atomic E-state index is 8.15. The summed E-state index contributed by atoms with van der Waals surface area (Å²) in [5, 5.41) is 19.1. The molecule has 0 fully saturated rings. The van der Waals surface area contributed by atoms with Gasteiger partial charge < -0.3 is 15.5 Å². The Balaban J connectivity index is 0. The van der Waals surface area contributed by atoms with E-state index in [2.05, 4.69) is 33.0 Å². The molecule has 98 valence electrons. The molecule has 0 bridgehead atoms. The van der Waals surface area contributed by atoms with E-state index >= 15 is 0 Å². The average molecular weight is 338 g/mol. The zero-order valence-electron chi connectivity index (χ0n) is 11.3. The van der Waals surface area contributed by atoms with Crippen molar-refractivity contribution in [2.24, 2.45) is 11.8 Å². The molecule has 0 aromatic rings. The smallest absolute Gasteiger partial charge is 0.0555 e. The Morgan fingerprint density at radius 2 is 1.25 bits per heavy atom. The molecule has 0 saturated carbocycles. The monoisotopic (exact) mass is 339 g/mol. The summed E-state index contributed by atoms with van der Waals surface area (Å²) in [5.41, 5.74) is 0. The van der Waals surface area contributed by atoms with Crippen molar-refractivity contribution in [1.29, 1.82) is 0 Å². The van der Waals surface area contributed by atoms with Crippen LogP contribution in [0.2, 0.25) is 8.87 Å². The molecule has 0 unspecified atom stereocenters. The molecular formula is C12H29NO2Sn. The Morgan fingerprint density at radius 3 is 1.50 bits per heavy atom. The molecule has 0 aromatic carbocycles. The number of aliphatic hydroxyl groups is 2. The molecule has 3 nitrogen and oxygen atoms in total. The minimum absolute atomic E-state index is 0.0709. The summed E-state index contributed by atoms with van der Waals surface area (Å²) in [6.45, 7) is 10.8. The Hall–Kier alpha value is 0.679. The summed E-state index contributed by atoms with van der Waals surface area (Å²) in [6.07, 6.45) is 0. The van der Waals surface area contributed by atoms with Crippen LogP contribution in [0.15, 0.2) is 0 Å². The number of hydrogen-bond donors (Lipinski definition) is 3. The van der Waals surface area contributed by atoms with Crippen LogP contribution < -0.4 is 5.32 Å². The van der Waals surface area contributed by atoms with Crippen molar-refractivity contribution in [1.82, 2.24) is 5.32 Å². The van der Waals surface area contributed by atoms with Gasteiger partial charge in [-0.25, -0.2) is 0 Å². The molecular weight excluding hydrogens is 309 g/mol. The second-order valence-electron chi connectivity index (χ2n) is 4.64. The summed E-state index contributed by atoms with van der Waals surface area (Å²) in [5.74, 6) is 1.94. The van der Waals surface area contributed by atoms with E-state index in [1.54, 1.807) is 8.87 Å². The Morgan fingerprint density at radius 1 is 0.875 bits per heavy atom. The van der Waals surface area contributed by atoms with E-state index in [-0.39, 0.29) is 34.4 Å². The van der Waals surface area contributed by atoms with Gasteiger partial charge >= 0.3 is 69.5 Å². The molecule has 0 aliphatic carbocycles. The average Bonchev–Trinajstić information content (AvgIpc) is 2.18. The van der Waals surface area contributed by atoms with Gasteiger partial charge in [0.05, 0.1) is 13.2 Å². The first-order chi connectivity index (χ1) is 7.54. The fourth-order valence-electron chi connectivity index (χ4n) is 0.944. The summed E-state index contributed by atoms with van der Waals surface area (Å²) in [7, 11) is 0. The fraction of sp³-hybridized carbons (Fsp3) is 1.00. The van der Waals surface area contributed by atoms with Crippen molar-refractivity contribution < 1.29 is 10.2 Å². The molecule has 0 heterocycles. The second kappa shape index (κ2) is 15.7. The maximum Gasteiger partial charge on any atom is 0.0555 e. The summed E-state index contributed by atoms with van der Waals surface area (Å²) < 4.78 is 3.14. The predicted molar refractivity (Wildman–Crippen MR) is 72.1 cm³/mol. The first-order valence-corrected chi connectivity index (χ1v) is 10.2. The Labute approximate surface area is 111 Å². The van der Waals surface area contributed by atoms with Gasteiger partial charge in [-0.15, -0.1) is 0 Å². The third-order valence-corrected chi connectivity index (χ3v) is 7.99. The molecule has 0 aromatic heterocycles. The van der Waals surface area contributed by atoms with Crippen molar-refractivity contribution in [3.63, 3.8) is 0 Å². The van der Waals surface area contributed by atoms with Gasteiger partial charge in [-0.05, 0) is 0 Å². The Kier molecular flexibility index (Phi) is 18.6. The van der Waals surface area contributed by atoms with Gasteiger partial charge in [0.1, 0.15) is 0 Å². The SMILES string of the molecule is CC(C)[CH2][Sn][CH2]C(C)C.OCCNCCO. The number of hydrogen-bond acceptors (Lipinski definition) is 3. The van der Waals surface area contributed by atoms with Crippen LogP contribution in [0.25, 0.3) is 0 Å². The summed E-state index contributed by atoms with van der Waals surface area (Å²) >= 11 is 0.0709. The third-order valence-electron chi connectivity index (χ3n) is 1.68. The molecule has 0 atom stereocenters. The molecule has 2 radical (unpaired) electrons. The third kappa shape index (κ3) is 24.1. The standard InChI is InChI=1S/C4H11NO2.2C4H9.Sn/c6-3-1-5-2-4-7;2*1-4(2)3;/h5-7H,1-4H2;2*4H,1H2,2-3H3;. The van der Waals surface area contributed by atoms with Gasteiger partial charge in [-0.1, -0.05) is 0 Å². The molecule has 3 N–H and O–H groups in total. The Bertz CT molecular complexity index is 110. The van der Waals surface area contributed by atoms with Crippen LogP contribution in [0.4, 0.5) is 0 Å². The molecule has 0 spiro atoms. The van der Waals surface area contributed by atoms with E-state index in [1.807, 2.05) is 0 Å². The van der Waals surface area contributed by atoms with E-state index in [9.17, 15) is 0 Å². The van der Waals surface area contributed by atoms with E-state index in [0.29, 0.717) is 13.1 Å². The first kappa shape index (κ1) is 19.0. The minimum Gasteiger partial charge on any atom is -0.395 e. The van der Waals surface area contributed by atoms with Crippen molar-refractivity contribution in [3.05, 3.63) is 0 Å². The quantitative estimate of drug-likeness (QED) is 0.463. The van der Waals surface area contributed by atoms with E-state index in [1.165, 1.54) is 0 Å². The summed E-state index contributed by atoms with van der Waals surface area (Å²) in [6, 6.07) is 0. The number of nitrogens with one attached hydrogen (secondary N) is 1. The van der Waals surface area contributed by atoms with Gasteiger partial charge in [-0.3, -0.25) is 0 Å². The normalized spacial score (nSPS) is 10.5. The van der Waals surface area contributed by atoms with Gasteiger partial charge in [-0.2, -0.15) is 0 Å².